The van der Waals surface area contributed by atoms with Crippen molar-refractivity contribution in [2.45, 2.75) is 4.90 Å². The van der Waals surface area contributed by atoms with Crippen molar-refractivity contribution >= 4 is 16.1 Å². The van der Waals surface area contributed by atoms with E-state index < -0.39 is 20.7 Å². The molecule has 2 nitrogen and oxygen atoms in total. The molecule has 0 bridgehead atoms. The van der Waals surface area contributed by atoms with Crippen LogP contribution in [-0.4, -0.2) is 6.08 Å². The zero-order valence-corrected chi connectivity index (χ0v) is 7.78. The van der Waals surface area contributed by atoms with Gasteiger partial charge in [0.05, 0.1) is 0 Å². The fraction of sp³-hybridized carbons (Fsp3) is 0. The van der Waals surface area contributed by atoms with Crippen molar-refractivity contribution < 1.29 is 24.7 Å². The van der Waals surface area contributed by atoms with E-state index in [1.165, 1.54) is 4.40 Å². The SMILES string of the molecule is O=C=NS(F)(F)(F)(F)c1ccccc1F. The maximum Gasteiger partial charge on any atom is 0.280 e. The third-order valence-corrected chi connectivity index (χ3v) is 3.12. The van der Waals surface area contributed by atoms with Gasteiger partial charge in [0.15, 0.2) is 0 Å². The van der Waals surface area contributed by atoms with Gasteiger partial charge in [-0.1, -0.05) is 16.5 Å². The Balaban J connectivity index is 3.66. The minimum Gasteiger partial charge on any atom is -0.210 e. The molecule has 0 atom stereocenters. The molecule has 0 unspecified atom stereocenters. The third-order valence-electron chi connectivity index (χ3n) is 1.49. The molecular weight excluding hydrogens is 241 g/mol. The van der Waals surface area contributed by atoms with Crippen molar-refractivity contribution in [3.8, 4) is 0 Å². The first-order chi connectivity index (χ1) is 6.59. The topological polar surface area (TPSA) is 29.4 Å². The molecule has 0 spiro atoms. The highest BCUT2D eigenvalue weighted by molar-refractivity contribution is 8.48. The summed E-state index contributed by atoms with van der Waals surface area (Å²) >= 11 is 0. The Morgan fingerprint density at radius 1 is 1.13 bits per heavy atom. The normalized spacial score (nSPS) is 16.1. The van der Waals surface area contributed by atoms with Gasteiger partial charge in [0, 0.05) is 0 Å². The Bertz CT molecular complexity index is 461. The van der Waals surface area contributed by atoms with Gasteiger partial charge in [-0.25, -0.2) is 9.18 Å². The van der Waals surface area contributed by atoms with Gasteiger partial charge in [-0.2, -0.15) is 0 Å². The van der Waals surface area contributed by atoms with Crippen LogP contribution in [0.2, 0.25) is 0 Å². The van der Waals surface area contributed by atoms with Gasteiger partial charge in [0.2, 0.25) is 0 Å². The summed E-state index contributed by atoms with van der Waals surface area (Å²) in [5.74, 6) is -1.83. The van der Waals surface area contributed by atoms with E-state index in [-0.39, 0.29) is 12.1 Å². The maximum atomic E-state index is 12.9. The highest BCUT2D eigenvalue weighted by Crippen LogP contribution is 3.01. The van der Waals surface area contributed by atoms with Crippen LogP contribution in [0.25, 0.3) is 0 Å². The lowest BCUT2D eigenvalue weighted by Gasteiger charge is -2.43. The summed E-state index contributed by atoms with van der Waals surface area (Å²) in [6.45, 7) is 0. The molecule has 1 aromatic rings. The lowest BCUT2D eigenvalue weighted by Crippen LogP contribution is -2.12. The second-order valence-corrected chi connectivity index (χ2v) is 5.31. The molecule has 0 aromatic heterocycles. The second-order valence-electron chi connectivity index (χ2n) is 2.64. The van der Waals surface area contributed by atoms with Crippen LogP contribution >= 0.6 is 10.0 Å². The van der Waals surface area contributed by atoms with E-state index >= 15 is 0 Å². The van der Waals surface area contributed by atoms with Crippen molar-refractivity contribution in [1.29, 1.82) is 0 Å². The van der Waals surface area contributed by atoms with Gasteiger partial charge in [-0.3, -0.25) is 0 Å². The van der Waals surface area contributed by atoms with Crippen molar-refractivity contribution in [2.75, 3.05) is 0 Å². The summed E-state index contributed by atoms with van der Waals surface area (Å²) < 4.78 is 65.7. The molecular formula is C7H4F5NOS. The quantitative estimate of drug-likeness (QED) is 0.442. The molecule has 0 radical (unpaired) electrons. The molecule has 0 heterocycles. The number of rotatable bonds is 2. The number of hydrogen-bond donors (Lipinski definition) is 0. The van der Waals surface area contributed by atoms with Gasteiger partial charge in [-0.05, 0) is 12.1 Å². The lowest BCUT2D eigenvalue weighted by molar-refractivity contribution is 0.433. The zero-order chi connectivity index (χ0) is 11.8. The second kappa shape index (κ2) is 2.59. The molecule has 0 saturated heterocycles. The molecule has 15 heavy (non-hydrogen) atoms. The molecule has 0 fully saturated rings. The van der Waals surface area contributed by atoms with Gasteiger partial charge in [0.1, 0.15) is 10.7 Å². The summed E-state index contributed by atoms with van der Waals surface area (Å²) in [6.07, 6.45) is 0.0755. The number of halogens is 5. The van der Waals surface area contributed by atoms with Crippen molar-refractivity contribution in [1.82, 2.24) is 0 Å². The maximum absolute atomic E-state index is 12.9. The van der Waals surface area contributed by atoms with Crippen molar-refractivity contribution in [3.63, 3.8) is 0 Å². The first kappa shape index (κ1) is 11.7. The average Bonchev–Trinajstić information content (AvgIpc) is 2.01. The van der Waals surface area contributed by atoms with E-state index in [9.17, 15) is 24.7 Å². The van der Waals surface area contributed by atoms with Gasteiger partial charge in [-0.15, -0.1) is 15.5 Å². The largest absolute Gasteiger partial charge is 0.280 e. The highest BCUT2D eigenvalue weighted by Gasteiger charge is 2.66. The van der Waals surface area contributed by atoms with E-state index in [1.807, 2.05) is 0 Å². The Morgan fingerprint density at radius 3 is 2.13 bits per heavy atom. The number of nitrogens with zero attached hydrogens (tertiary/aromatic N) is 1. The van der Waals surface area contributed by atoms with E-state index in [0.717, 1.165) is 12.1 Å². The van der Waals surface area contributed by atoms with Crippen LogP contribution in [0.3, 0.4) is 0 Å². The van der Waals surface area contributed by atoms with E-state index in [0.29, 0.717) is 6.07 Å². The summed E-state index contributed by atoms with van der Waals surface area (Å²) in [4.78, 5) is 7.39. The van der Waals surface area contributed by atoms with E-state index in [2.05, 4.69) is 0 Å². The summed E-state index contributed by atoms with van der Waals surface area (Å²) in [5.41, 5.74) is 0. The molecule has 0 saturated carbocycles. The third kappa shape index (κ3) is 2.16. The summed E-state index contributed by atoms with van der Waals surface area (Å²) in [6, 6.07) is 2.35. The highest BCUT2D eigenvalue weighted by atomic mass is 32.5. The minimum atomic E-state index is -9.21. The number of benzene rings is 1. The van der Waals surface area contributed by atoms with E-state index in [1.54, 1.807) is 0 Å². The van der Waals surface area contributed by atoms with Crippen molar-refractivity contribution in [2.24, 2.45) is 4.40 Å². The van der Waals surface area contributed by atoms with Gasteiger partial charge >= 0.3 is 0 Å². The molecule has 0 N–H and O–H groups in total. The van der Waals surface area contributed by atoms with Gasteiger partial charge < -0.3 is 0 Å². The standard InChI is InChI=1S/C7H4F5NOS/c8-6-3-1-2-4-7(6)15(9,10,11,12)13-5-14/h1-4H. The summed E-state index contributed by atoms with van der Waals surface area (Å²) in [7, 11) is -9.21. The Labute approximate surface area is 81.0 Å². The fourth-order valence-electron chi connectivity index (χ4n) is 0.893. The lowest BCUT2D eigenvalue weighted by atomic mass is 10.4. The summed E-state index contributed by atoms with van der Waals surface area (Å²) in [5, 5.41) is 0. The number of hydrogen-bond acceptors (Lipinski definition) is 2. The molecule has 0 aliphatic rings. The Kier molecular flexibility index (Phi) is 2.01. The molecule has 0 aliphatic heterocycles. The molecule has 1 rings (SSSR count). The fourth-order valence-corrected chi connectivity index (χ4v) is 1.94. The van der Waals surface area contributed by atoms with Crippen LogP contribution in [0.1, 0.15) is 0 Å². The van der Waals surface area contributed by atoms with Crippen LogP contribution in [0.4, 0.5) is 19.9 Å². The van der Waals surface area contributed by atoms with E-state index in [4.69, 9.17) is 0 Å². The predicted molar refractivity (Wildman–Crippen MR) is 44.8 cm³/mol. The Hall–Kier alpha value is -1.40. The monoisotopic (exact) mass is 245 g/mol. The van der Waals surface area contributed by atoms with Crippen LogP contribution in [0.15, 0.2) is 33.6 Å². The molecule has 0 aliphatic carbocycles. The molecule has 8 heteroatoms. The molecule has 84 valence electrons. The zero-order valence-electron chi connectivity index (χ0n) is 6.96. The van der Waals surface area contributed by atoms with Gasteiger partial charge in [0.25, 0.3) is 16.1 Å². The van der Waals surface area contributed by atoms with Crippen molar-refractivity contribution in [3.05, 3.63) is 30.1 Å². The van der Waals surface area contributed by atoms with Crippen LogP contribution in [-0.2, 0) is 4.79 Å². The molecule has 0 amide bonds. The van der Waals surface area contributed by atoms with Crippen LogP contribution in [0, 0.1) is 5.82 Å². The Morgan fingerprint density at radius 2 is 1.67 bits per heavy atom. The number of carbonyl (C=O) groups excluding carboxylic acids is 1. The average molecular weight is 245 g/mol. The number of isocyanates is 1. The minimum absolute atomic E-state index is 0.0755. The van der Waals surface area contributed by atoms with Crippen LogP contribution < -0.4 is 0 Å². The van der Waals surface area contributed by atoms with Crippen LogP contribution in [0.5, 0.6) is 0 Å². The molecule has 1 aromatic carbocycles. The first-order valence-electron chi connectivity index (χ1n) is 3.45. The predicted octanol–water partition coefficient (Wildman–Crippen LogP) is 3.85. The smallest absolute Gasteiger partial charge is 0.210 e. The first-order valence-corrected chi connectivity index (χ1v) is 5.46.